The quantitative estimate of drug-likeness (QED) is 0.724. The highest BCUT2D eigenvalue weighted by Crippen LogP contribution is 2.41. The summed E-state index contributed by atoms with van der Waals surface area (Å²) < 4.78 is 0. The van der Waals surface area contributed by atoms with Crippen LogP contribution < -0.4 is 10.6 Å². The van der Waals surface area contributed by atoms with Crippen LogP contribution in [0.25, 0.3) is 0 Å². The molecule has 5 rings (SSSR count). The van der Waals surface area contributed by atoms with E-state index in [1.807, 2.05) is 24.3 Å². The van der Waals surface area contributed by atoms with Crippen molar-refractivity contribution in [1.29, 1.82) is 0 Å². The molecule has 1 aliphatic carbocycles. The molecule has 0 saturated carbocycles. The van der Waals surface area contributed by atoms with Gasteiger partial charge in [0.25, 0.3) is 11.8 Å². The van der Waals surface area contributed by atoms with E-state index >= 15 is 0 Å². The predicted molar refractivity (Wildman–Crippen MR) is 117 cm³/mol. The van der Waals surface area contributed by atoms with Gasteiger partial charge in [-0.2, -0.15) is 0 Å². The van der Waals surface area contributed by atoms with Crippen molar-refractivity contribution in [2.45, 2.75) is 31.2 Å². The lowest BCUT2D eigenvalue weighted by atomic mass is 9.92. The number of nitrogens with zero attached hydrogens (tertiary/aromatic N) is 2. The normalized spacial score (nSPS) is 21.8. The summed E-state index contributed by atoms with van der Waals surface area (Å²) >= 11 is 0. The van der Waals surface area contributed by atoms with Crippen LogP contribution in [0.15, 0.2) is 48.5 Å². The molecule has 0 unspecified atom stereocenters. The van der Waals surface area contributed by atoms with Crippen molar-refractivity contribution in [3.8, 4) is 0 Å². The van der Waals surface area contributed by atoms with Crippen LogP contribution in [0.2, 0.25) is 0 Å². The van der Waals surface area contributed by atoms with Gasteiger partial charge in [-0.15, -0.1) is 0 Å². The van der Waals surface area contributed by atoms with E-state index in [4.69, 9.17) is 0 Å². The van der Waals surface area contributed by atoms with E-state index in [0.717, 1.165) is 28.9 Å². The summed E-state index contributed by atoms with van der Waals surface area (Å²) in [6.45, 7) is 0.987. The molecular formula is C24H24N4O4. The highest BCUT2D eigenvalue weighted by Gasteiger charge is 2.55. The van der Waals surface area contributed by atoms with Crippen molar-refractivity contribution < 1.29 is 19.2 Å². The molecule has 2 N–H and O–H groups in total. The Kier molecular flexibility index (Phi) is 4.92. The zero-order valence-corrected chi connectivity index (χ0v) is 17.6. The molecule has 0 radical (unpaired) electrons. The first-order valence-electron chi connectivity index (χ1n) is 10.9. The molecular weight excluding hydrogens is 408 g/mol. The number of urea groups is 1. The monoisotopic (exact) mass is 432 g/mol. The molecule has 164 valence electrons. The average Bonchev–Trinajstić information content (AvgIpc) is 3.51. The number of carbonyl (C=O) groups excluding carboxylic acids is 4. The highest BCUT2D eigenvalue weighted by molar-refractivity contribution is 6.11. The molecule has 0 aromatic heterocycles. The molecule has 2 aliphatic heterocycles. The van der Waals surface area contributed by atoms with Crippen molar-refractivity contribution >= 4 is 29.4 Å². The second-order valence-electron chi connectivity index (χ2n) is 8.48. The summed E-state index contributed by atoms with van der Waals surface area (Å²) in [5.74, 6) is -1.07. The van der Waals surface area contributed by atoms with E-state index in [1.54, 1.807) is 29.2 Å². The number of rotatable bonds is 4. The van der Waals surface area contributed by atoms with Gasteiger partial charge in [-0.25, -0.2) is 4.79 Å². The third-order valence-electron chi connectivity index (χ3n) is 6.55. The Labute approximate surface area is 185 Å². The third kappa shape index (κ3) is 3.23. The standard InChI is InChI=1S/C24H24N4O4/c29-20(25-19-10-4-2-8-17(19)21(30)27-13-5-6-14-27)15-28-22(31)24(26-23(28)32)12-11-16-7-1-3-9-18(16)24/h1-4,7-10H,5-6,11-15H2,(H,25,29)(H,26,32)/t24-/m1/s1. The second kappa shape index (κ2) is 7.78. The fraction of sp³-hybridized carbons (Fsp3) is 0.333. The molecule has 2 saturated heterocycles. The maximum Gasteiger partial charge on any atom is 0.325 e. The number of hydrogen-bond donors (Lipinski definition) is 2. The van der Waals surface area contributed by atoms with Crippen LogP contribution >= 0.6 is 0 Å². The van der Waals surface area contributed by atoms with Crippen LogP contribution in [0, 0.1) is 0 Å². The van der Waals surface area contributed by atoms with Crippen LogP contribution in [0.3, 0.4) is 0 Å². The summed E-state index contributed by atoms with van der Waals surface area (Å²) in [6, 6.07) is 13.8. The van der Waals surface area contributed by atoms with E-state index < -0.39 is 29.9 Å². The van der Waals surface area contributed by atoms with Crippen molar-refractivity contribution in [2.75, 3.05) is 25.0 Å². The van der Waals surface area contributed by atoms with Crippen molar-refractivity contribution in [3.05, 3.63) is 65.2 Å². The zero-order valence-electron chi connectivity index (χ0n) is 17.6. The Bertz CT molecular complexity index is 1120. The Balaban J connectivity index is 1.32. The first-order valence-corrected chi connectivity index (χ1v) is 10.9. The Morgan fingerprint density at radius 2 is 1.72 bits per heavy atom. The summed E-state index contributed by atoms with van der Waals surface area (Å²) in [5.41, 5.74) is 1.51. The van der Waals surface area contributed by atoms with Gasteiger partial charge in [-0.05, 0) is 48.9 Å². The number of anilines is 1. The topological polar surface area (TPSA) is 98.8 Å². The van der Waals surface area contributed by atoms with E-state index in [2.05, 4.69) is 10.6 Å². The van der Waals surface area contributed by atoms with E-state index in [0.29, 0.717) is 37.2 Å². The fourth-order valence-corrected chi connectivity index (χ4v) is 4.94. The first kappa shape index (κ1) is 20.2. The number of nitrogens with one attached hydrogen (secondary N) is 2. The van der Waals surface area contributed by atoms with Crippen molar-refractivity contribution in [3.63, 3.8) is 0 Å². The summed E-state index contributed by atoms with van der Waals surface area (Å²) in [6.07, 6.45) is 3.10. The molecule has 2 heterocycles. The number of hydrogen-bond acceptors (Lipinski definition) is 4. The molecule has 5 amide bonds. The molecule has 3 aliphatic rings. The number of aryl methyl sites for hydroxylation is 1. The van der Waals surface area contributed by atoms with Gasteiger partial charge in [-0.3, -0.25) is 19.3 Å². The molecule has 8 heteroatoms. The molecule has 8 nitrogen and oxygen atoms in total. The van der Waals surface area contributed by atoms with Crippen LogP contribution in [-0.4, -0.2) is 53.2 Å². The molecule has 2 fully saturated rings. The number of carbonyl (C=O) groups is 4. The largest absolute Gasteiger partial charge is 0.339 e. The van der Waals surface area contributed by atoms with Crippen LogP contribution in [0.1, 0.15) is 40.7 Å². The first-order chi connectivity index (χ1) is 15.5. The van der Waals surface area contributed by atoms with Gasteiger partial charge < -0.3 is 15.5 Å². The third-order valence-corrected chi connectivity index (χ3v) is 6.55. The number of amides is 5. The molecule has 2 aromatic carbocycles. The predicted octanol–water partition coefficient (Wildman–Crippen LogP) is 2.25. The molecule has 0 bridgehead atoms. The van der Waals surface area contributed by atoms with Crippen LogP contribution in [0.5, 0.6) is 0 Å². The smallest absolute Gasteiger partial charge is 0.325 e. The van der Waals surface area contributed by atoms with E-state index in [-0.39, 0.29) is 5.91 Å². The maximum atomic E-state index is 13.2. The lowest BCUT2D eigenvalue weighted by Crippen LogP contribution is -2.43. The molecule has 1 atom stereocenters. The second-order valence-corrected chi connectivity index (χ2v) is 8.48. The number of imide groups is 1. The SMILES string of the molecule is O=C(CN1C(=O)N[C@@]2(CCc3ccccc32)C1=O)Nc1ccccc1C(=O)N1CCCC1. The number of para-hydroxylation sites is 1. The Morgan fingerprint density at radius 1 is 1.00 bits per heavy atom. The molecule has 2 aromatic rings. The summed E-state index contributed by atoms with van der Waals surface area (Å²) in [5, 5.41) is 5.54. The van der Waals surface area contributed by atoms with Crippen LogP contribution in [-0.2, 0) is 21.5 Å². The lowest BCUT2D eigenvalue weighted by molar-refractivity contribution is -0.134. The molecule has 32 heavy (non-hydrogen) atoms. The van der Waals surface area contributed by atoms with E-state index in [9.17, 15) is 19.2 Å². The van der Waals surface area contributed by atoms with Gasteiger partial charge in [0, 0.05) is 13.1 Å². The van der Waals surface area contributed by atoms with Crippen molar-refractivity contribution in [1.82, 2.24) is 15.1 Å². The minimum atomic E-state index is -1.10. The summed E-state index contributed by atoms with van der Waals surface area (Å²) in [7, 11) is 0. The Morgan fingerprint density at radius 3 is 2.53 bits per heavy atom. The van der Waals surface area contributed by atoms with Gasteiger partial charge in [-0.1, -0.05) is 36.4 Å². The highest BCUT2D eigenvalue weighted by atomic mass is 16.2. The minimum absolute atomic E-state index is 0.130. The molecule has 1 spiro atoms. The number of likely N-dealkylation sites (tertiary alicyclic amines) is 1. The van der Waals surface area contributed by atoms with E-state index in [1.165, 1.54) is 0 Å². The maximum absolute atomic E-state index is 13.2. The van der Waals surface area contributed by atoms with Gasteiger partial charge in [0.1, 0.15) is 12.1 Å². The van der Waals surface area contributed by atoms with Gasteiger partial charge in [0.15, 0.2) is 0 Å². The number of fused-ring (bicyclic) bond motifs is 2. The number of benzene rings is 2. The van der Waals surface area contributed by atoms with Gasteiger partial charge in [0.2, 0.25) is 5.91 Å². The Hall–Kier alpha value is -3.68. The van der Waals surface area contributed by atoms with Crippen molar-refractivity contribution in [2.24, 2.45) is 0 Å². The zero-order chi connectivity index (χ0) is 22.3. The fourth-order valence-electron chi connectivity index (χ4n) is 4.94. The average molecular weight is 432 g/mol. The van der Waals surface area contributed by atoms with Crippen LogP contribution in [0.4, 0.5) is 10.5 Å². The van der Waals surface area contributed by atoms with Gasteiger partial charge >= 0.3 is 6.03 Å². The minimum Gasteiger partial charge on any atom is -0.339 e. The summed E-state index contributed by atoms with van der Waals surface area (Å²) in [4.78, 5) is 54.2. The van der Waals surface area contributed by atoms with Gasteiger partial charge in [0.05, 0.1) is 11.3 Å². The lowest BCUT2D eigenvalue weighted by Gasteiger charge is -2.22.